The van der Waals surface area contributed by atoms with Gasteiger partial charge in [0.15, 0.2) is 11.5 Å². The van der Waals surface area contributed by atoms with E-state index in [1.165, 1.54) is 0 Å². The first-order valence-electron chi connectivity index (χ1n) is 9.31. The highest BCUT2D eigenvalue weighted by atomic mass is 16.6. The zero-order chi connectivity index (χ0) is 20.8. The Bertz CT molecular complexity index is 869. The summed E-state index contributed by atoms with van der Waals surface area (Å²) < 4.78 is 16.1. The highest BCUT2D eigenvalue weighted by molar-refractivity contribution is 6.02. The highest BCUT2D eigenvalue weighted by Crippen LogP contribution is 2.32. The van der Waals surface area contributed by atoms with Crippen molar-refractivity contribution < 1.29 is 23.8 Å². The molecule has 2 aromatic rings. The first kappa shape index (κ1) is 20.5. The van der Waals surface area contributed by atoms with Crippen molar-refractivity contribution in [2.75, 3.05) is 32.7 Å². The van der Waals surface area contributed by atoms with E-state index >= 15 is 0 Å². The molecule has 1 aliphatic heterocycles. The third kappa shape index (κ3) is 5.39. The van der Waals surface area contributed by atoms with Gasteiger partial charge in [-0.25, -0.2) is 4.79 Å². The minimum absolute atomic E-state index is 0.393. The molecule has 1 heterocycles. The van der Waals surface area contributed by atoms with E-state index in [0.717, 1.165) is 11.3 Å². The van der Waals surface area contributed by atoms with E-state index in [1.807, 2.05) is 36.2 Å². The lowest BCUT2D eigenvalue weighted by Gasteiger charge is -2.24. The van der Waals surface area contributed by atoms with E-state index in [2.05, 4.69) is 10.6 Å². The maximum Gasteiger partial charge on any atom is 0.325 e. The largest absolute Gasteiger partial charge is 0.497 e. The summed E-state index contributed by atoms with van der Waals surface area (Å²) in [6.07, 6.45) is 0. The smallest absolute Gasteiger partial charge is 0.325 e. The number of urea groups is 1. The van der Waals surface area contributed by atoms with Gasteiger partial charge in [-0.3, -0.25) is 15.0 Å². The fourth-order valence-electron chi connectivity index (χ4n) is 2.86. The molecule has 3 rings (SSSR count). The van der Waals surface area contributed by atoms with Crippen molar-refractivity contribution in [2.45, 2.75) is 19.5 Å². The molecule has 3 amide bonds. The lowest BCUT2D eigenvalue weighted by atomic mass is 10.2. The van der Waals surface area contributed by atoms with Crippen LogP contribution < -0.4 is 24.8 Å². The number of hydrogen-bond acceptors (Lipinski definition) is 6. The molecule has 2 aromatic carbocycles. The number of carbonyl (C=O) groups excluding carboxylic acids is 2. The first-order valence-corrected chi connectivity index (χ1v) is 9.31. The molecule has 0 unspecified atom stereocenters. The Labute approximate surface area is 169 Å². The Hall–Kier alpha value is -3.26. The molecule has 0 radical (unpaired) electrons. The van der Waals surface area contributed by atoms with E-state index in [9.17, 15) is 9.59 Å². The van der Waals surface area contributed by atoms with Crippen molar-refractivity contribution in [3.8, 4) is 17.2 Å². The minimum atomic E-state index is -0.601. The standard InChI is InChI=1S/C21H25N3O5/c1-14(24(2)13-15-4-7-17(27-3)8-5-15)20(25)23-21(26)22-16-6-9-18-19(12-16)29-11-10-28-18/h4-9,12,14H,10-11,13H2,1-3H3,(H2,22,23,25,26)/t14-/m1/s1. The van der Waals surface area contributed by atoms with Gasteiger partial charge >= 0.3 is 6.03 Å². The average molecular weight is 399 g/mol. The molecular weight excluding hydrogens is 374 g/mol. The van der Waals surface area contributed by atoms with Gasteiger partial charge in [0, 0.05) is 18.3 Å². The molecule has 29 heavy (non-hydrogen) atoms. The lowest BCUT2D eigenvalue weighted by Crippen LogP contribution is -2.46. The van der Waals surface area contributed by atoms with Crippen LogP contribution in [0, 0.1) is 0 Å². The van der Waals surface area contributed by atoms with Gasteiger partial charge in [0.2, 0.25) is 5.91 Å². The number of imide groups is 1. The Balaban J connectivity index is 1.52. The van der Waals surface area contributed by atoms with E-state index in [0.29, 0.717) is 36.9 Å². The molecule has 2 N–H and O–H groups in total. The Morgan fingerprint density at radius 2 is 1.79 bits per heavy atom. The molecule has 0 spiro atoms. The van der Waals surface area contributed by atoms with Crippen molar-refractivity contribution in [1.29, 1.82) is 0 Å². The molecule has 8 nitrogen and oxygen atoms in total. The fraction of sp³-hybridized carbons (Fsp3) is 0.333. The van der Waals surface area contributed by atoms with Crippen molar-refractivity contribution in [3.63, 3.8) is 0 Å². The van der Waals surface area contributed by atoms with Crippen LogP contribution in [0.4, 0.5) is 10.5 Å². The molecule has 0 aromatic heterocycles. The van der Waals surface area contributed by atoms with Crippen molar-refractivity contribution in [2.24, 2.45) is 0 Å². The topological polar surface area (TPSA) is 89.1 Å². The number of likely N-dealkylation sites (N-methyl/N-ethyl adjacent to an activating group) is 1. The number of ether oxygens (including phenoxy) is 3. The van der Waals surface area contributed by atoms with Gasteiger partial charge in [0.1, 0.15) is 19.0 Å². The predicted octanol–water partition coefficient (Wildman–Crippen LogP) is 2.64. The monoisotopic (exact) mass is 399 g/mol. The van der Waals surface area contributed by atoms with Crippen molar-refractivity contribution in [3.05, 3.63) is 48.0 Å². The highest BCUT2D eigenvalue weighted by Gasteiger charge is 2.21. The van der Waals surface area contributed by atoms with Crippen LogP contribution in [0.25, 0.3) is 0 Å². The number of hydrogen-bond donors (Lipinski definition) is 2. The maximum absolute atomic E-state index is 12.4. The van der Waals surface area contributed by atoms with Gasteiger partial charge in [-0.1, -0.05) is 12.1 Å². The van der Waals surface area contributed by atoms with Crippen LogP contribution in [0.3, 0.4) is 0 Å². The number of benzene rings is 2. The molecule has 8 heteroatoms. The number of fused-ring (bicyclic) bond motifs is 1. The van der Waals surface area contributed by atoms with Gasteiger partial charge in [-0.15, -0.1) is 0 Å². The fourth-order valence-corrected chi connectivity index (χ4v) is 2.86. The van der Waals surface area contributed by atoms with Crippen LogP contribution in [0.5, 0.6) is 17.2 Å². The Morgan fingerprint density at radius 3 is 2.48 bits per heavy atom. The Kier molecular flexibility index (Phi) is 6.56. The summed E-state index contributed by atoms with van der Waals surface area (Å²) in [4.78, 5) is 26.5. The molecule has 154 valence electrons. The van der Waals surface area contributed by atoms with Gasteiger partial charge in [-0.05, 0) is 43.8 Å². The molecule has 0 fully saturated rings. The molecule has 0 bridgehead atoms. The quantitative estimate of drug-likeness (QED) is 0.776. The summed E-state index contributed by atoms with van der Waals surface area (Å²) in [5.74, 6) is 1.58. The number of rotatable bonds is 6. The van der Waals surface area contributed by atoms with Crippen LogP contribution in [-0.2, 0) is 11.3 Å². The summed E-state index contributed by atoms with van der Waals surface area (Å²) in [5.41, 5.74) is 1.55. The summed E-state index contributed by atoms with van der Waals surface area (Å²) >= 11 is 0. The molecule has 1 aliphatic rings. The van der Waals surface area contributed by atoms with Crippen molar-refractivity contribution >= 4 is 17.6 Å². The van der Waals surface area contributed by atoms with Crippen LogP contribution >= 0.6 is 0 Å². The third-order valence-electron chi connectivity index (χ3n) is 4.67. The van der Waals surface area contributed by atoms with Crippen LogP contribution in [0.15, 0.2) is 42.5 Å². The summed E-state index contributed by atoms with van der Waals surface area (Å²) in [7, 11) is 3.44. The third-order valence-corrected chi connectivity index (χ3v) is 4.67. The van der Waals surface area contributed by atoms with Crippen LogP contribution in [-0.4, -0.2) is 50.3 Å². The number of carbonyl (C=O) groups is 2. The minimum Gasteiger partial charge on any atom is -0.497 e. The zero-order valence-corrected chi connectivity index (χ0v) is 16.7. The predicted molar refractivity (Wildman–Crippen MR) is 109 cm³/mol. The molecule has 0 aliphatic carbocycles. The van der Waals surface area contributed by atoms with Crippen LogP contribution in [0.2, 0.25) is 0 Å². The number of nitrogens with zero attached hydrogens (tertiary/aromatic N) is 1. The number of methoxy groups -OCH3 is 1. The summed E-state index contributed by atoms with van der Waals surface area (Å²) in [5, 5.41) is 5.01. The van der Waals surface area contributed by atoms with Gasteiger partial charge in [0.25, 0.3) is 0 Å². The second kappa shape index (κ2) is 9.29. The summed E-state index contributed by atoms with van der Waals surface area (Å²) in [6.45, 7) is 3.26. The van der Waals surface area contributed by atoms with Crippen LogP contribution in [0.1, 0.15) is 12.5 Å². The molecule has 1 atom stereocenters. The Morgan fingerprint density at radius 1 is 1.10 bits per heavy atom. The van der Waals surface area contributed by atoms with E-state index < -0.39 is 18.0 Å². The maximum atomic E-state index is 12.4. The number of amides is 3. The van der Waals surface area contributed by atoms with Gasteiger partial charge in [0.05, 0.1) is 13.2 Å². The second-order valence-electron chi connectivity index (χ2n) is 6.74. The van der Waals surface area contributed by atoms with Gasteiger partial charge < -0.3 is 19.5 Å². The first-order chi connectivity index (χ1) is 14.0. The summed E-state index contributed by atoms with van der Waals surface area (Å²) in [6, 6.07) is 11.6. The number of nitrogens with one attached hydrogen (secondary N) is 2. The molecular formula is C21H25N3O5. The zero-order valence-electron chi connectivity index (χ0n) is 16.7. The van der Waals surface area contributed by atoms with Crippen molar-refractivity contribution in [1.82, 2.24) is 10.2 Å². The lowest BCUT2D eigenvalue weighted by molar-refractivity contribution is -0.124. The second-order valence-corrected chi connectivity index (χ2v) is 6.74. The van der Waals surface area contributed by atoms with E-state index in [-0.39, 0.29) is 0 Å². The number of anilines is 1. The van der Waals surface area contributed by atoms with E-state index in [1.54, 1.807) is 32.2 Å². The van der Waals surface area contributed by atoms with Gasteiger partial charge in [-0.2, -0.15) is 0 Å². The molecule has 0 saturated heterocycles. The normalized spacial score (nSPS) is 13.5. The van der Waals surface area contributed by atoms with E-state index in [4.69, 9.17) is 14.2 Å². The molecule has 0 saturated carbocycles. The average Bonchev–Trinajstić information content (AvgIpc) is 2.73. The SMILES string of the molecule is COc1ccc(CN(C)[C@H](C)C(=O)NC(=O)Nc2ccc3c(c2)OCCO3)cc1.